The smallest absolute Gasteiger partial charge is 0.305 e. The maximum Gasteiger partial charge on any atom is 0.305 e. The number of ether oxygens (including phenoxy) is 1. The lowest BCUT2D eigenvalue weighted by atomic mass is 10.3. The van der Waals surface area contributed by atoms with Gasteiger partial charge < -0.3 is 4.74 Å². The zero-order chi connectivity index (χ0) is 10.3. The Morgan fingerprint density at radius 1 is 1.43 bits per heavy atom. The van der Waals surface area contributed by atoms with Gasteiger partial charge in [0.1, 0.15) is 0 Å². The number of carbonyl (C=O) groups excluding carboxylic acids is 1. The van der Waals surface area contributed by atoms with E-state index in [4.69, 9.17) is 4.55 Å². The topological polar surface area (TPSA) is 80.7 Å². The van der Waals surface area contributed by atoms with Crippen molar-refractivity contribution < 1.29 is 22.5 Å². The Morgan fingerprint density at radius 3 is 2.43 bits per heavy atom. The highest BCUT2D eigenvalue weighted by atomic mass is 32.2. The maximum absolute atomic E-state index is 10.7. The second kappa shape index (κ2) is 8.45. The average molecular weight is 235 g/mol. The number of hydrogen-bond acceptors (Lipinski definition) is 4. The Morgan fingerprint density at radius 2 is 2.00 bits per heavy atom. The van der Waals surface area contributed by atoms with Gasteiger partial charge in [-0.1, -0.05) is 6.92 Å². The number of carbonyl (C=O) groups is 1. The fourth-order valence-electron chi connectivity index (χ4n) is 0.704. The van der Waals surface area contributed by atoms with E-state index in [1.165, 1.54) is 0 Å². The van der Waals surface area contributed by atoms with E-state index >= 15 is 0 Å². The molecular weight excluding hydrogens is 220 g/mol. The van der Waals surface area contributed by atoms with E-state index in [9.17, 15) is 13.2 Å². The molecule has 80 valence electrons. The Bertz CT molecular complexity index is 249. The van der Waals surface area contributed by atoms with Crippen LogP contribution in [0.5, 0.6) is 0 Å². The van der Waals surface area contributed by atoms with Crippen molar-refractivity contribution in [2.75, 3.05) is 12.4 Å². The van der Waals surface area contributed by atoms with Crippen molar-refractivity contribution in [2.24, 2.45) is 0 Å². The number of esters is 1. The van der Waals surface area contributed by atoms with Gasteiger partial charge >= 0.3 is 5.97 Å². The maximum atomic E-state index is 10.7. The molecule has 0 aliphatic heterocycles. The minimum Gasteiger partial charge on any atom is -0.466 e. The number of hydrogen-bond donors (Lipinski definition) is 1. The standard InChI is InChI=1S/C7H14O5S.Mg/c1-2-4-7(8)12-5-3-6-13(9,10)11;/h2-6H2,1H3,(H,9,10,11);. The van der Waals surface area contributed by atoms with Gasteiger partial charge in [0.05, 0.1) is 12.4 Å². The van der Waals surface area contributed by atoms with Crippen molar-refractivity contribution >= 4 is 39.1 Å². The lowest BCUT2D eigenvalue weighted by Crippen LogP contribution is -2.10. The van der Waals surface area contributed by atoms with E-state index in [2.05, 4.69) is 4.74 Å². The van der Waals surface area contributed by atoms with Crippen molar-refractivity contribution in [3.05, 3.63) is 0 Å². The summed E-state index contributed by atoms with van der Waals surface area (Å²) in [4.78, 5) is 10.7. The van der Waals surface area contributed by atoms with Crippen molar-refractivity contribution in [1.82, 2.24) is 0 Å². The van der Waals surface area contributed by atoms with Gasteiger partial charge in [0.25, 0.3) is 10.1 Å². The summed E-state index contributed by atoms with van der Waals surface area (Å²) >= 11 is 0. The SMILES string of the molecule is CCCC(=O)OCCCS(=O)(=O)O.[Mg]. The predicted octanol–water partition coefficient (Wildman–Crippen LogP) is 0.227. The summed E-state index contributed by atoms with van der Waals surface area (Å²) in [6.45, 7) is 1.89. The quantitative estimate of drug-likeness (QED) is 0.308. The largest absolute Gasteiger partial charge is 0.466 e. The van der Waals surface area contributed by atoms with Gasteiger partial charge in [0, 0.05) is 29.5 Å². The Balaban J connectivity index is 0. The van der Waals surface area contributed by atoms with Gasteiger partial charge in [-0.2, -0.15) is 8.42 Å². The van der Waals surface area contributed by atoms with Crippen molar-refractivity contribution in [3.8, 4) is 0 Å². The first kappa shape index (κ1) is 16.6. The molecule has 0 bridgehead atoms. The van der Waals surface area contributed by atoms with E-state index in [-0.39, 0.29) is 47.8 Å². The Kier molecular flexibility index (Phi) is 10.0. The summed E-state index contributed by atoms with van der Waals surface area (Å²) in [5.41, 5.74) is 0. The summed E-state index contributed by atoms with van der Waals surface area (Å²) in [5.74, 6) is -0.704. The molecule has 14 heavy (non-hydrogen) atoms. The zero-order valence-electron chi connectivity index (χ0n) is 8.23. The van der Waals surface area contributed by atoms with Crippen LogP contribution in [-0.2, 0) is 19.6 Å². The van der Waals surface area contributed by atoms with Crippen LogP contribution in [0.25, 0.3) is 0 Å². The summed E-state index contributed by atoms with van der Waals surface area (Å²) < 4.78 is 33.4. The zero-order valence-corrected chi connectivity index (χ0v) is 10.5. The fourth-order valence-corrected chi connectivity index (χ4v) is 1.19. The van der Waals surface area contributed by atoms with Gasteiger partial charge in [-0.3, -0.25) is 9.35 Å². The van der Waals surface area contributed by atoms with Crippen LogP contribution in [0.15, 0.2) is 0 Å². The third-order valence-corrected chi connectivity index (χ3v) is 2.07. The Hall–Kier alpha value is 0.146. The van der Waals surface area contributed by atoms with Gasteiger partial charge in [-0.15, -0.1) is 0 Å². The molecule has 0 rings (SSSR count). The molecule has 0 aromatic heterocycles. The van der Waals surface area contributed by atoms with Gasteiger partial charge in [-0.25, -0.2) is 0 Å². The first-order valence-corrected chi connectivity index (χ1v) is 5.67. The van der Waals surface area contributed by atoms with Crippen molar-refractivity contribution in [3.63, 3.8) is 0 Å². The van der Waals surface area contributed by atoms with Gasteiger partial charge in [0.15, 0.2) is 0 Å². The highest BCUT2D eigenvalue weighted by Gasteiger charge is 2.05. The van der Waals surface area contributed by atoms with E-state index in [0.29, 0.717) is 12.8 Å². The second-order valence-corrected chi connectivity index (χ2v) is 4.18. The molecule has 5 nitrogen and oxygen atoms in total. The average Bonchev–Trinajstić information content (AvgIpc) is 1.97. The molecular formula is C7H14MgO5S. The van der Waals surface area contributed by atoms with E-state index in [0.717, 1.165) is 0 Å². The first-order valence-electron chi connectivity index (χ1n) is 4.06. The molecule has 0 spiro atoms. The molecule has 7 heteroatoms. The Labute approximate surface area is 100 Å². The van der Waals surface area contributed by atoms with Gasteiger partial charge in [-0.05, 0) is 12.8 Å². The normalized spacial score (nSPS) is 10.4. The lowest BCUT2D eigenvalue weighted by molar-refractivity contribution is -0.143. The van der Waals surface area contributed by atoms with E-state index in [1.807, 2.05) is 6.92 Å². The molecule has 1 N–H and O–H groups in total. The number of rotatable bonds is 6. The van der Waals surface area contributed by atoms with Crippen LogP contribution in [0.4, 0.5) is 0 Å². The van der Waals surface area contributed by atoms with Crippen LogP contribution in [-0.4, -0.2) is 54.4 Å². The van der Waals surface area contributed by atoms with E-state index in [1.54, 1.807) is 0 Å². The minimum atomic E-state index is -3.93. The predicted molar refractivity (Wildman–Crippen MR) is 52.7 cm³/mol. The molecule has 0 aliphatic rings. The molecule has 2 radical (unpaired) electrons. The van der Waals surface area contributed by atoms with Gasteiger partial charge in [0.2, 0.25) is 0 Å². The van der Waals surface area contributed by atoms with Crippen LogP contribution < -0.4 is 0 Å². The highest BCUT2D eigenvalue weighted by Crippen LogP contribution is 1.94. The molecule has 0 unspecified atom stereocenters. The van der Waals surface area contributed by atoms with Crippen molar-refractivity contribution in [2.45, 2.75) is 26.2 Å². The van der Waals surface area contributed by atoms with Crippen molar-refractivity contribution in [1.29, 1.82) is 0 Å². The second-order valence-electron chi connectivity index (χ2n) is 2.61. The van der Waals surface area contributed by atoms with E-state index < -0.39 is 10.1 Å². The fraction of sp³-hybridized carbons (Fsp3) is 0.857. The van der Waals surface area contributed by atoms with Crippen LogP contribution in [0.3, 0.4) is 0 Å². The monoisotopic (exact) mass is 234 g/mol. The third-order valence-electron chi connectivity index (χ3n) is 1.26. The summed E-state index contributed by atoms with van der Waals surface area (Å²) in [5, 5.41) is 0. The molecule has 0 atom stereocenters. The molecule has 0 amide bonds. The third kappa shape index (κ3) is 12.1. The minimum absolute atomic E-state index is 0. The first-order chi connectivity index (χ1) is 5.95. The summed E-state index contributed by atoms with van der Waals surface area (Å²) in [6, 6.07) is 0. The lowest BCUT2D eigenvalue weighted by Gasteiger charge is -2.01. The van der Waals surface area contributed by atoms with Crippen LogP contribution in [0.2, 0.25) is 0 Å². The molecule has 0 aromatic rings. The molecule has 0 aromatic carbocycles. The highest BCUT2D eigenvalue weighted by molar-refractivity contribution is 7.85. The molecule has 0 aliphatic carbocycles. The van der Waals surface area contributed by atoms with Crippen LogP contribution in [0, 0.1) is 0 Å². The van der Waals surface area contributed by atoms with Crippen LogP contribution in [0.1, 0.15) is 26.2 Å². The van der Waals surface area contributed by atoms with Crippen LogP contribution >= 0.6 is 0 Å². The molecule has 0 heterocycles. The summed E-state index contributed by atoms with van der Waals surface area (Å²) in [7, 11) is -3.93. The molecule has 0 saturated heterocycles. The molecule has 0 fully saturated rings. The molecule has 0 saturated carbocycles. The summed E-state index contributed by atoms with van der Waals surface area (Å²) in [6.07, 6.45) is 1.18.